The minimum Gasteiger partial charge on any atom is -0.386 e. The van der Waals surface area contributed by atoms with Crippen molar-refractivity contribution in [1.29, 1.82) is 0 Å². The molecule has 0 aliphatic heterocycles. The summed E-state index contributed by atoms with van der Waals surface area (Å²) in [7, 11) is 3.53. The summed E-state index contributed by atoms with van der Waals surface area (Å²) in [5, 5.41) is 23.9. The van der Waals surface area contributed by atoms with Crippen molar-refractivity contribution in [3.05, 3.63) is 35.7 Å². The van der Waals surface area contributed by atoms with Crippen LogP contribution >= 0.6 is 0 Å². The van der Waals surface area contributed by atoms with E-state index in [2.05, 4.69) is 24.3 Å². The van der Waals surface area contributed by atoms with Gasteiger partial charge in [0.15, 0.2) is 5.82 Å². The molecule has 0 atom stereocenters. The second-order valence-electron chi connectivity index (χ2n) is 7.40. The Balaban J connectivity index is 2.09. The van der Waals surface area contributed by atoms with E-state index in [1.165, 1.54) is 0 Å². The number of aryl methyl sites for hydroxylation is 1. The SMILES string of the molecule is COCc1nn(C)cc1Nc1nn(C(C)C)c2cc(C(C)(C)O)ccc12. The van der Waals surface area contributed by atoms with Crippen LogP contribution in [0.4, 0.5) is 11.5 Å². The third-order valence-electron chi connectivity index (χ3n) is 4.34. The molecule has 0 spiro atoms. The number of fused-ring (bicyclic) bond motifs is 1. The number of methoxy groups -OCH3 is 1. The van der Waals surface area contributed by atoms with Crippen LogP contribution in [0.5, 0.6) is 0 Å². The number of hydrogen-bond donors (Lipinski definition) is 2. The van der Waals surface area contributed by atoms with Gasteiger partial charge in [0.1, 0.15) is 5.69 Å². The average molecular weight is 357 g/mol. The van der Waals surface area contributed by atoms with E-state index in [-0.39, 0.29) is 6.04 Å². The molecule has 140 valence electrons. The van der Waals surface area contributed by atoms with E-state index in [1.807, 2.05) is 36.1 Å². The van der Waals surface area contributed by atoms with E-state index in [0.29, 0.717) is 6.61 Å². The minimum absolute atomic E-state index is 0.192. The van der Waals surface area contributed by atoms with Crippen LogP contribution in [0.1, 0.15) is 45.0 Å². The topological polar surface area (TPSA) is 77.1 Å². The quantitative estimate of drug-likeness (QED) is 0.706. The van der Waals surface area contributed by atoms with Gasteiger partial charge in [-0.05, 0) is 45.4 Å². The maximum atomic E-state index is 10.3. The van der Waals surface area contributed by atoms with Gasteiger partial charge in [-0.2, -0.15) is 10.2 Å². The van der Waals surface area contributed by atoms with Crippen LogP contribution in [0.25, 0.3) is 10.9 Å². The van der Waals surface area contributed by atoms with E-state index in [1.54, 1.807) is 25.6 Å². The number of anilines is 2. The third kappa shape index (κ3) is 3.45. The number of ether oxygens (including phenoxy) is 1. The average Bonchev–Trinajstić information content (AvgIpc) is 3.08. The van der Waals surface area contributed by atoms with Gasteiger partial charge < -0.3 is 15.2 Å². The van der Waals surface area contributed by atoms with Gasteiger partial charge in [0.2, 0.25) is 0 Å². The third-order valence-corrected chi connectivity index (χ3v) is 4.34. The Bertz CT molecular complexity index is 918. The molecule has 0 saturated heterocycles. The normalized spacial score (nSPS) is 12.3. The maximum Gasteiger partial charge on any atom is 0.160 e. The van der Waals surface area contributed by atoms with Gasteiger partial charge in [-0.15, -0.1) is 0 Å². The second kappa shape index (κ2) is 6.74. The molecule has 0 aliphatic carbocycles. The van der Waals surface area contributed by atoms with E-state index < -0.39 is 5.60 Å². The molecule has 0 amide bonds. The highest BCUT2D eigenvalue weighted by Crippen LogP contribution is 2.32. The van der Waals surface area contributed by atoms with Gasteiger partial charge in [-0.3, -0.25) is 9.36 Å². The van der Waals surface area contributed by atoms with Gasteiger partial charge in [0.25, 0.3) is 0 Å². The summed E-state index contributed by atoms with van der Waals surface area (Å²) in [6.45, 7) is 8.18. The summed E-state index contributed by atoms with van der Waals surface area (Å²) >= 11 is 0. The zero-order valence-corrected chi connectivity index (χ0v) is 16.2. The lowest BCUT2D eigenvalue weighted by atomic mass is 9.97. The Labute approximate surface area is 153 Å². The van der Waals surface area contributed by atoms with Crippen LogP contribution in [-0.4, -0.2) is 31.8 Å². The van der Waals surface area contributed by atoms with Crippen molar-refractivity contribution < 1.29 is 9.84 Å². The first-order valence-corrected chi connectivity index (χ1v) is 8.74. The summed E-state index contributed by atoms with van der Waals surface area (Å²) in [6, 6.07) is 6.15. The fourth-order valence-electron chi connectivity index (χ4n) is 3.01. The summed E-state index contributed by atoms with van der Waals surface area (Å²) < 4.78 is 8.96. The van der Waals surface area contributed by atoms with Crippen molar-refractivity contribution in [2.75, 3.05) is 12.4 Å². The molecular weight excluding hydrogens is 330 g/mol. The van der Waals surface area contributed by atoms with Crippen molar-refractivity contribution in [3.63, 3.8) is 0 Å². The molecule has 0 unspecified atom stereocenters. The summed E-state index contributed by atoms with van der Waals surface area (Å²) in [6.07, 6.45) is 1.92. The lowest BCUT2D eigenvalue weighted by molar-refractivity contribution is 0.0787. The monoisotopic (exact) mass is 357 g/mol. The molecule has 26 heavy (non-hydrogen) atoms. The van der Waals surface area contributed by atoms with Crippen molar-refractivity contribution >= 4 is 22.4 Å². The molecule has 3 rings (SSSR count). The molecule has 3 aromatic rings. The van der Waals surface area contributed by atoms with Crippen molar-refractivity contribution in [3.8, 4) is 0 Å². The Kier molecular flexibility index (Phi) is 4.77. The van der Waals surface area contributed by atoms with E-state index in [0.717, 1.165) is 33.7 Å². The molecule has 2 aromatic heterocycles. The van der Waals surface area contributed by atoms with Crippen LogP contribution in [0.2, 0.25) is 0 Å². The van der Waals surface area contributed by atoms with Gasteiger partial charge in [0.05, 0.1) is 23.4 Å². The fourth-order valence-corrected chi connectivity index (χ4v) is 3.01. The summed E-state index contributed by atoms with van der Waals surface area (Å²) in [5.74, 6) is 0.765. The number of rotatable bonds is 6. The van der Waals surface area contributed by atoms with Gasteiger partial charge in [0, 0.05) is 31.8 Å². The highest BCUT2D eigenvalue weighted by atomic mass is 16.5. The smallest absolute Gasteiger partial charge is 0.160 e. The van der Waals surface area contributed by atoms with Crippen molar-refractivity contribution in [2.24, 2.45) is 7.05 Å². The predicted octanol–water partition coefficient (Wildman–Crippen LogP) is 3.47. The van der Waals surface area contributed by atoms with Gasteiger partial charge >= 0.3 is 0 Å². The predicted molar refractivity (Wildman–Crippen MR) is 103 cm³/mol. The molecule has 2 heterocycles. The molecule has 0 bridgehead atoms. The summed E-state index contributed by atoms with van der Waals surface area (Å²) in [5.41, 5.74) is 2.65. The first kappa shape index (κ1) is 18.4. The van der Waals surface area contributed by atoms with Gasteiger partial charge in [-0.1, -0.05) is 6.07 Å². The molecule has 0 aliphatic rings. The zero-order valence-electron chi connectivity index (χ0n) is 16.2. The standard InChI is InChI=1S/C19H27N5O2/c1-12(2)24-17-9-13(19(3,4)25)7-8-14(17)18(22-24)20-15-10-23(5)21-16(15)11-26-6/h7-10,12,25H,11H2,1-6H3,(H,20,22). The van der Waals surface area contributed by atoms with Crippen molar-refractivity contribution in [1.82, 2.24) is 19.6 Å². The van der Waals surface area contributed by atoms with E-state index in [4.69, 9.17) is 9.84 Å². The van der Waals surface area contributed by atoms with Crippen LogP contribution in [0.3, 0.4) is 0 Å². The molecule has 0 saturated carbocycles. The maximum absolute atomic E-state index is 10.3. The van der Waals surface area contributed by atoms with E-state index in [9.17, 15) is 5.11 Å². The van der Waals surface area contributed by atoms with E-state index >= 15 is 0 Å². The summed E-state index contributed by atoms with van der Waals surface area (Å²) in [4.78, 5) is 0. The van der Waals surface area contributed by atoms with Gasteiger partial charge in [-0.25, -0.2) is 0 Å². The molecule has 0 radical (unpaired) electrons. The van der Waals surface area contributed by atoms with Crippen LogP contribution in [0.15, 0.2) is 24.4 Å². The Morgan fingerprint density at radius 1 is 1.27 bits per heavy atom. The molecule has 0 fully saturated rings. The first-order chi connectivity index (χ1) is 12.2. The van der Waals surface area contributed by atoms with Crippen molar-refractivity contribution in [2.45, 2.75) is 45.9 Å². The first-order valence-electron chi connectivity index (χ1n) is 8.74. The van der Waals surface area contributed by atoms with Crippen LogP contribution in [0, 0.1) is 0 Å². The van der Waals surface area contributed by atoms with Crippen LogP contribution in [-0.2, 0) is 24.0 Å². The fraction of sp³-hybridized carbons (Fsp3) is 0.474. The number of hydrogen-bond acceptors (Lipinski definition) is 5. The number of nitrogens with zero attached hydrogens (tertiary/aromatic N) is 4. The number of benzene rings is 1. The molecule has 7 nitrogen and oxygen atoms in total. The number of aliphatic hydroxyl groups is 1. The second-order valence-corrected chi connectivity index (χ2v) is 7.40. The van der Waals surface area contributed by atoms with Crippen LogP contribution < -0.4 is 5.32 Å². The Hall–Kier alpha value is -2.38. The highest BCUT2D eigenvalue weighted by Gasteiger charge is 2.20. The molecule has 1 aromatic carbocycles. The minimum atomic E-state index is -0.900. The largest absolute Gasteiger partial charge is 0.386 e. The lowest BCUT2D eigenvalue weighted by Crippen LogP contribution is -2.15. The Morgan fingerprint density at radius 3 is 2.62 bits per heavy atom. The lowest BCUT2D eigenvalue weighted by Gasteiger charge is -2.18. The molecule has 2 N–H and O–H groups in total. The molecule has 7 heteroatoms. The number of nitrogens with one attached hydrogen (secondary N) is 1. The molecular formula is C19H27N5O2. The zero-order chi connectivity index (χ0) is 19.1. The number of aromatic nitrogens is 4. The highest BCUT2D eigenvalue weighted by molar-refractivity contribution is 5.92. The Morgan fingerprint density at radius 2 is 2.00 bits per heavy atom.